The van der Waals surface area contributed by atoms with E-state index in [2.05, 4.69) is 18.7 Å². The zero-order valence-electron chi connectivity index (χ0n) is 9.31. The normalized spacial score (nSPS) is 10.5. The minimum atomic E-state index is 0.0579. The van der Waals surface area contributed by atoms with Gasteiger partial charge < -0.3 is 4.90 Å². The van der Waals surface area contributed by atoms with Crippen LogP contribution in [0.25, 0.3) is 0 Å². The minimum absolute atomic E-state index is 0.0579. The highest BCUT2D eigenvalue weighted by molar-refractivity contribution is 6.04. The van der Waals surface area contributed by atoms with Gasteiger partial charge >= 0.3 is 0 Å². The van der Waals surface area contributed by atoms with E-state index in [1.165, 1.54) is 0 Å². The van der Waals surface area contributed by atoms with Gasteiger partial charge in [-0.3, -0.25) is 4.79 Å². The molecule has 0 heterocycles. The van der Waals surface area contributed by atoms with E-state index in [4.69, 9.17) is 0 Å². The summed E-state index contributed by atoms with van der Waals surface area (Å²) in [7, 11) is 0. The first-order valence-electron chi connectivity index (χ1n) is 5.29. The molecule has 0 aliphatic rings. The third-order valence-electron chi connectivity index (χ3n) is 2.31. The van der Waals surface area contributed by atoms with E-state index in [-0.39, 0.29) is 5.78 Å². The summed E-state index contributed by atoms with van der Waals surface area (Å²) >= 11 is 0. The van der Waals surface area contributed by atoms with Crippen LogP contribution in [0.2, 0.25) is 0 Å². The van der Waals surface area contributed by atoms with Crippen molar-refractivity contribution in [3.63, 3.8) is 0 Å². The molecule has 0 unspecified atom stereocenters. The zero-order chi connectivity index (χ0) is 11.1. The lowest BCUT2D eigenvalue weighted by Gasteiger charge is -2.14. The van der Waals surface area contributed by atoms with E-state index in [0.717, 1.165) is 18.7 Å². The van der Waals surface area contributed by atoms with Gasteiger partial charge in [0.1, 0.15) is 0 Å². The summed E-state index contributed by atoms with van der Waals surface area (Å²) in [6, 6.07) is 9.31. The maximum atomic E-state index is 11.7. The summed E-state index contributed by atoms with van der Waals surface area (Å²) in [4.78, 5) is 13.8. The maximum absolute atomic E-state index is 11.7. The first-order valence-corrected chi connectivity index (χ1v) is 5.29. The quantitative estimate of drug-likeness (QED) is 0.541. The lowest BCUT2D eigenvalue weighted by atomic mass is 10.1. The average Bonchev–Trinajstić information content (AvgIpc) is 2.31. The number of hydrogen-bond acceptors (Lipinski definition) is 2. The second-order valence-electron chi connectivity index (χ2n) is 3.27. The van der Waals surface area contributed by atoms with Crippen molar-refractivity contribution in [2.24, 2.45) is 0 Å². The fraction of sp³-hybridized carbons (Fsp3) is 0.308. The molecule has 0 amide bonds. The molecule has 1 aromatic rings. The summed E-state index contributed by atoms with van der Waals surface area (Å²) in [6.45, 7) is 5.99. The molecule has 1 aromatic carbocycles. The predicted molar refractivity (Wildman–Crippen MR) is 62.8 cm³/mol. The van der Waals surface area contributed by atoms with Crippen LogP contribution in [0.3, 0.4) is 0 Å². The molecule has 0 aromatic heterocycles. The van der Waals surface area contributed by atoms with Gasteiger partial charge in [0.25, 0.3) is 0 Å². The standard InChI is InChI=1S/C13H17NO/c1-3-14(4-2)11-10-13(15)12-8-6-5-7-9-12/h5-11H,3-4H2,1-2H3/b11-10+. The summed E-state index contributed by atoms with van der Waals surface area (Å²) in [5.41, 5.74) is 0.737. The van der Waals surface area contributed by atoms with Gasteiger partial charge in [-0.2, -0.15) is 0 Å². The average molecular weight is 203 g/mol. The second kappa shape index (κ2) is 6.02. The van der Waals surface area contributed by atoms with Gasteiger partial charge in [-0.15, -0.1) is 0 Å². The maximum Gasteiger partial charge on any atom is 0.187 e. The SMILES string of the molecule is CCN(/C=C/C(=O)c1ccccc1)CC. The van der Waals surface area contributed by atoms with Crippen molar-refractivity contribution in [3.05, 3.63) is 48.2 Å². The Hall–Kier alpha value is -1.57. The molecule has 15 heavy (non-hydrogen) atoms. The van der Waals surface area contributed by atoms with Crippen molar-refractivity contribution in [1.82, 2.24) is 4.90 Å². The molecule has 2 heteroatoms. The molecular formula is C13H17NO. The molecule has 0 bridgehead atoms. The number of rotatable bonds is 5. The molecule has 80 valence electrons. The molecular weight excluding hydrogens is 186 g/mol. The van der Waals surface area contributed by atoms with E-state index in [0.29, 0.717) is 0 Å². The molecule has 1 rings (SSSR count). The van der Waals surface area contributed by atoms with Crippen molar-refractivity contribution in [2.75, 3.05) is 13.1 Å². The number of benzene rings is 1. The molecule has 2 nitrogen and oxygen atoms in total. The minimum Gasteiger partial charge on any atom is -0.378 e. The van der Waals surface area contributed by atoms with Crippen molar-refractivity contribution in [3.8, 4) is 0 Å². The van der Waals surface area contributed by atoms with E-state index < -0.39 is 0 Å². The molecule has 0 N–H and O–H groups in total. The smallest absolute Gasteiger partial charge is 0.187 e. The zero-order valence-corrected chi connectivity index (χ0v) is 9.31. The number of hydrogen-bond donors (Lipinski definition) is 0. The van der Waals surface area contributed by atoms with Crippen molar-refractivity contribution in [1.29, 1.82) is 0 Å². The van der Waals surface area contributed by atoms with Crippen LogP contribution in [0.4, 0.5) is 0 Å². The summed E-state index contributed by atoms with van der Waals surface area (Å²) in [5, 5.41) is 0. The second-order valence-corrected chi connectivity index (χ2v) is 3.27. The number of ketones is 1. The Morgan fingerprint density at radius 1 is 1.20 bits per heavy atom. The van der Waals surface area contributed by atoms with Gasteiger partial charge in [-0.25, -0.2) is 0 Å². The highest BCUT2D eigenvalue weighted by Gasteiger charge is 1.99. The van der Waals surface area contributed by atoms with Gasteiger partial charge in [-0.1, -0.05) is 30.3 Å². The fourth-order valence-corrected chi connectivity index (χ4v) is 1.31. The van der Waals surface area contributed by atoms with Crippen LogP contribution >= 0.6 is 0 Å². The first-order chi connectivity index (χ1) is 7.27. The molecule has 0 atom stereocenters. The van der Waals surface area contributed by atoms with E-state index in [1.54, 1.807) is 6.08 Å². The third kappa shape index (κ3) is 3.58. The molecule has 0 fully saturated rings. The van der Waals surface area contributed by atoms with Crippen LogP contribution in [-0.2, 0) is 0 Å². The van der Waals surface area contributed by atoms with Gasteiger partial charge in [-0.05, 0) is 13.8 Å². The van der Waals surface area contributed by atoms with Crippen LogP contribution in [0, 0.1) is 0 Å². The van der Waals surface area contributed by atoms with Crippen LogP contribution in [0.1, 0.15) is 24.2 Å². The number of nitrogens with zero attached hydrogens (tertiary/aromatic N) is 1. The Morgan fingerprint density at radius 2 is 1.80 bits per heavy atom. The molecule has 0 saturated carbocycles. The highest BCUT2D eigenvalue weighted by atomic mass is 16.1. The van der Waals surface area contributed by atoms with Crippen LogP contribution < -0.4 is 0 Å². The van der Waals surface area contributed by atoms with Gasteiger partial charge in [0.05, 0.1) is 0 Å². The monoisotopic (exact) mass is 203 g/mol. The van der Waals surface area contributed by atoms with Crippen molar-refractivity contribution >= 4 is 5.78 Å². The number of allylic oxidation sites excluding steroid dienone is 1. The summed E-state index contributed by atoms with van der Waals surface area (Å²) < 4.78 is 0. The number of carbonyl (C=O) groups is 1. The van der Waals surface area contributed by atoms with Gasteiger partial charge in [0, 0.05) is 30.9 Å². The van der Waals surface area contributed by atoms with Crippen molar-refractivity contribution < 1.29 is 4.79 Å². The Balaban J connectivity index is 2.63. The van der Waals surface area contributed by atoms with E-state index in [9.17, 15) is 4.79 Å². The lowest BCUT2D eigenvalue weighted by Crippen LogP contribution is -2.15. The fourth-order valence-electron chi connectivity index (χ4n) is 1.31. The Labute approximate surface area is 91.2 Å². The Morgan fingerprint density at radius 3 is 2.33 bits per heavy atom. The van der Waals surface area contributed by atoms with Gasteiger partial charge in [0.2, 0.25) is 0 Å². The van der Waals surface area contributed by atoms with Crippen LogP contribution in [0.15, 0.2) is 42.6 Å². The predicted octanol–water partition coefficient (Wildman–Crippen LogP) is 2.72. The topological polar surface area (TPSA) is 20.3 Å². The largest absolute Gasteiger partial charge is 0.378 e. The van der Waals surface area contributed by atoms with Crippen LogP contribution in [-0.4, -0.2) is 23.8 Å². The van der Waals surface area contributed by atoms with Gasteiger partial charge in [0.15, 0.2) is 5.78 Å². The highest BCUT2D eigenvalue weighted by Crippen LogP contribution is 2.01. The summed E-state index contributed by atoms with van der Waals surface area (Å²) in [5.74, 6) is 0.0579. The molecule has 0 aliphatic heterocycles. The molecule has 0 saturated heterocycles. The molecule has 0 aliphatic carbocycles. The van der Waals surface area contributed by atoms with E-state index >= 15 is 0 Å². The molecule has 0 radical (unpaired) electrons. The van der Waals surface area contributed by atoms with Crippen LogP contribution in [0.5, 0.6) is 0 Å². The molecule has 0 spiro atoms. The third-order valence-corrected chi connectivity index (χ3v) is 2.31. The Kier molecular flexibility index (Phi) is 4.61. The Bertz CT molecular complexity index is 326. The lowest BCUT2D eigenvalue weighted by molar-refractivity contribution is 0.104. The van der Waals surface area contributed by atoms with E-state index in [1.807, 2.05) is 36.5 Å². The first kappa shape index (κ1) is 11.5. The summed E-state index contributed by atoms with van der Waals surface area (Å²) in [6.07, 6.45) is 3.48. The number of carbonyl (C=O) groups excluding carboxylic acids is 1. The van der Waals surface area contributed by atoms with Crippen molar-refractivity contribution in [2.45, 2.75) is 13.8 Å².